The number of benzene rings is 2. The van der Waals surface area contributed by atoms with E-state index in [9.17, 15) is 32.8 Å². The van der Waals surface area contributed by atoms with Gasteiger partial charge in [0.1, 0.15) is 17.8 Å². The van der Waals surface area contributed by atoms with Gasteiger partial charge in [0.2, 0.25) is 5.91 Å². The van der Waals surface area contributed by atoms with E-state index in [2.05, 4.69) is 20.2 Å². The minimum atomic E-state index is -4.82. The second kappa shape index (κ2) is 19.4. The van der Waals surface area contributed by atoms with Crippen LogP contribution in [0, 0.1) is 24.1 Å². The summed E-state index contributed by atoms with van der Waals surface area (Å²) in [5, 5.41) is 17.6. The second-order valence-corrected chi connectivity index (χ2v) is 19.5. The molecule has 352 valence electrons. The monoisotopic (exact) mass is 942 g/mol. The summed E-state index contributed by atoms with van der Waals surface area (Å²) in [6.45, 7) is 9.17. The van der Waals surface area contributed by atoms with Gasteiger partial charge in [0.05, 0.1) is 51.6 Å². The standard InChI is InChI=1S/C46H50F4N12O4S/c1-5-60-38(63)26-59(41-42(60)56-37(25-53-41)32-17-18-36(55-28(32)2)40-54-27-61(57-40)39-12-8-11-21-66-39)20-10-7-6-9-19-52-43(64)33-16-15-31(23-35(33)47)67-45(3,4)44(65)62(58-67)30-14-13-29(24-51)34(22-30)46(48,49)50/h13-18,22-23,25,27,39,58,67H,5-12,19-21,26H2,1-4H3,(H,52,64). The Morgan fingerprint density at radius 3 is 2.54 bits per heavy atom. The molecule has 2 saturated heterocycles. The number of pyridine rings is 1. The molecule has 2 N–H and O–H groups in total. The van der Waals surface area contributed by atoms with Crippen LogP contribution in [-0.4, -0.2) is 85.0 Å². The molecule has 0 bridgehead atoms. The lowest BCUT2D eigenvalue weighted by Gasteiger charge is -2.35. The number of likely N-dealkylation sites (N-methyl/N-ethyl adjacent to an activating group) is 1. The van der Waals surface area contributed by atoms with Crippen LogP contribution < -0.4 is 25.0 Å². The molecule has 8 rings (SSSR count). The Bertz CT molecular complexity index is 2740. The first-order valence-corrected chi connectivity index (χ1v) is 23.5. The van der Waals surface area contributed by atoms with Crippen LogP contribution >= 0.6 is 11.1 Å². The molecule has 0 aliphatic carbocycles. The lowest BCUT2D eigenvalue weighted by molar-refractivity contribution is -0.137. The van der Waals surface area contributed by atoms with Gasteiger partial charge in [-0.25, -0.2) is 34.0 Å². The number of aromatic nitrogens is 6. The third-order valence-corrected chi connectivity index (χ3v) is 14.6. The maximum atomic E-state index is 15.5. The average Bonchev–Trinajstić information content (AvgIpc) is 3.90. The van der Waals surface area contributed by atoms with E-state index in [0.29, 0.717) is 72.1 Å². The fraction of sp³-hybridized carbons (Fsp3) is 0.413. The van der Waals surface area contributed by atoms with Gasteiger partial charge < -0.3 is 15.0 Å². The number of hydrogen-bond acceptors (Lipinski definition) is 12. The first-order valence-electron chi connectivity index (χ1n) is 22.1. The van der Waals surface area contributed by atoms with Crippen LogP contribution in [0.5, 0.6) is 0 Å². The molecule has 21 heteroatoms. The van der Waals surface area contributed by atoms with Gasteiger partial charge in [-0.15, -0.1) is 16.2 Å². The number of anilines is 3. The molecule has 2 fully saturated rings. The zero-order valence-electron chi connectivity index (χ0n) is 37.4. The van der Waals surface area contributed by atoms with E-state index in [1.54, 1.807) is 36.0 Å². The number of aryl methyl sites for hydroxylation is 1. The van der Waals surface area contributed by atoms with Crippen LogP contribution in [0.25, 0.3) is 22.8 Å². The van der Waals surface area contributed by atoms with Gasteiger partial charge >= 0.3 is 6.18 Å². The van der Waals surface area contributed by atoms with Crippen molar-refractivity contribution < 1.29 is 36.7 Å². The first-order chi connectivity index (χ1) is 32.1. The summed E-state index contributed by atoms with van der Waals surface area (Å²) in [7, 11) is 0. The van der Waals surface area contributed by atoms with Crippen LogP contribution in [0.2, 0.25) is 0 Å². The number of alkyl halides is 3. The van der Waals surface area contributed by atoms with E-state index in [4.69, 9.17) is 19.7 Å². The molecule has 67 heavy (non-hydrogen) atoms. The van der Waals surface area contributed by atoms with Gasteiger partial charge in [-0.2, -0.15) is 23.3 Å². The van der Waals surface area contributed by atoms with E-state index in [1.807, 2.05) is 30.9 Å². The summed E-state index contributed by atoms with van der Waals surface area (Å²) >= 11 is -1.68. The number of nitrogens with one attached hydrogen (secondary N) is 2. The summed E-state index contributed by atoms with van der Waals surface area (Å²) < 4.78 is 63.0. The average molecular weight is 943 g/mol. The molecule has 0 radical (unpaired) electrons. The number of hydrogen-bond donors (Lipinski definition) is 3. The maximum Gasteiger partial charge on any atom is 0.417 e. The number of nitrogens with zero attached hydrogens (tertiary/aromatic N) is 10. The number of thiol groups is 1. The molecular formula is C46H50F4N12O4S. The van der Waals surface area contributed by atoms with E-state index < -0.39 is 50.8 Å². The van der Waals surface area contributed by atoms with E-state index >= 15 is 4.39 Å². The van der Waals surface area contributed by atoms with Crippen LogP contribution in [0.4, 0.5) is 34.9 Å². The number of carbonyl (C=O) groups is 3. The number of carbonyl (C=O) groups excluding carboxylic acids is 3. The van der Waals surface area contributed by atoms with Crippen LogP contribution in [0.15, 0.2) is 66.0 Å². The number of nitriles is 1. The summed E-state index contributed by atoms with van der Waals surface area (Å²) in [4.78, 5) is 65.7. The minimum absolute atomic E-state index is 0.0796. The second-order valence-electron chi connectivity index (χ2n) is 17.0. The topological polar surface area (TPSA) is 187 Å². The zero-order valence-corrected chi connectivity index (χ0v) is 38.3. The van der Waals surface area contributed by atoms with Gasteiger partial charge in [0.25, 0.3) is 11.8 Å². The molecule has 0 saturated carbocycles. The molecule has 3 amide bonds. The van der Waals surface area contributed by atoms with E-state index in [0.717, 1.165) is 61.2 Å². The predicted molar refractivity (Wildman–Crippen MR) is 243 cm³/mol. The molecule has 3 aromatic heterocycles. The Balaban J connectivity index is 0.831. The summed E-state index contributed by atoms with van der Waals surface area (Å²) in [6.07, 6.45) is 4.35. The van der Waals surface area contributed by atoms with Crippen LogP contribution in [0.1, 0.15) is 99.1 Å². The fourth-order valence-electron chi connectivity index (χ4n) is 8.38. The minimum Gasteiger partial charge on any atom is -0.356 e. The maximum absolute atomic E-state index is 15.5. The Morgan fingerprint density at radius 1 is 1.01 bits per heavy atom. The lowest BCUT2D eigenvalue weighted by Crippen LogP contribution is -2.47. The van der Waals surface area contributed by atoms with E-state index in [1.165, 1.54) is 30.3 Å². The molecule has 0 spiro atoms. The third kappa shape index (κ3) is 9.69. The van der Waals surface area contributed by atoms with Crippen molar-refractivity contribution in [1.29, 1.82) is 5.26 Å². The summed E-state index contributed by atoms with van der Waals surface area (Å²) in [5.41, 5.74) is 0.647. The van der Waals surface area contributed by atoms with Crippen molar-refractivity contribution in [2.75, 3.05) is 47.6 Å². The van der Waals surface area contributed by atoms with Crippen molar-refractivity contribution in [3.63, 3.8) is 0 Å². The van der Waals surface area contributed by atoms with Gasteiger partial charge in [-0.3, -0.25) is 19.3 Å². The molecule has 3 aliphatic rings. The van der Waals surface area contributed by atoms with Gasteiger partial charge in [-0.1, -0.05) is 12.8 Å². The number of rotatable bonds is 14. The zero-order chi connectivity index (χ0) is 47.6. The number of halogens is 4. The number of unbranched alkanes of at least 4 members (excludes halogenated alkanes) is 3. The SMILES string of the molecule is CCN1C(=O)CN(CCCCCCNC(=O)c2ccc([SH]3NN(c4ccc(C#N)c(C(F)(F)F)c4)C(=O)C3(C)C)cc2F)c2ncc(-c3ccc(-c4ncn(C5CCCCO5)n4)nc3C)nc21. The largest absolute Gasteiger partial charge is 0.417 e. The molecule has 2 aromatic carbocycles. The summed E-state index contributed by atoms with van der Waals surface area (Å²) in [6, 6.07) is 12.3. The van der Waals surface area contributed by atoms with Crippen molar-refractivity contribution in [3.8, 4) is 28.8 Å². The Kier molecular flexibility index (Phi) is 13.6. The number of amides is 3. The molecule has 2 unspecified atom stereocenters. The smallest absolute Gasteiger partial charge is 0.356 e. The van der Waals surface area contributed by atoms with E-state index in [-0.39, 0.29) is 29.9 Å². The van der Waals surface area contributed by atoms with Crippen LogP contribution in [-0.2, 0) is 20.5 Å². The highest BCUT2D eigenvalue weighted by Gasteiger charge is 2.47. The molecular weight excluding hydrogens is 893 g/mol. The Morgan fingerprint density at radius 2 is 1.82 bits per heavy atom. The molecule has 3 aliphatic heterocycles. The van der Waals surface area contributed by atoms with Gasteiger partial charge in [0, 0.05) is 42.4 Å². The number of ether oxygens (including phenoxy) is 1. The molecule has 5 aromatic rings. The van der Waals surface area contributed by atoms with Crippen molar-refractivity contribution in [3.05, 3.63) is 89.3 Å². The highest BCUT2D eigenvalue weighted by Crippen LogP contribution is 2.52. The predicted octanol–water partition coefficient (Wildman–Crippen LogP) is 7.60. The molecule has 6 heterocycles. The van der Waals surface area contributed by atoms with Gasteiger partial charge in [0.15, 0.2) is 23.7 Å². The Labute approximate surface area is 387 Å². The van der Waals surface area contributed by atoms with Crippen molar-refractivity contribution >= 4 is 46.1 Å². The van der Waals surface area contributed by atoms with Crippen LogP contribution in [0.3, 0.4) is 0 Å². The first kappa shape index (κ1) is 47.0. The van der Waals surface area contributed by atoms with Crippen molar-refractivity contribution in [1.82, 2.24) is 39.9 Å². The lowest BCUT2D eigenvalue weighted by atomic mass is 10.1. The molecule has 2 atom stereocenters. The third-order valence-electron chi connectivity index (χ3n) is 12.1. The quantitative estimate of drug-likeness (QED) is 0.0563. The highest BCUT2D eigenvalue weighted by molar-refractivity contribution is 8.17. The Hall–Kier alpha value is -6.50. The normalized spacial score (nSPS) is 18.8. The fourth-order valence-corrected chi connectivity index (χ4v) is 10.6. The number of fused-ring (bicyclic) bond motifs is 1. The summed E-state index contributed by atoms with van der Waals surface area (Å²) in [5.74, 6) is -0.416. The molecule has 16 nitrogen and oxygen atoms in total. The van der Waals surface area contributed by atoms with Crippen molar-refractivity contribution in [2.45, 2.75) is 94.7 Å². The van der Waals surface area contributed by atoms with Crippen molar-refractivity contribution in [2.24, 2.45) is 0 Å². The highest BCUT2D eigenvalue weighted by atomic mass is 32.2. The number of hydrazine groups is 1. The van der Waals surface area contributed by atoms with Gasteiger partial charge in [-0.05, 0) is 108 Å².